The van der Waals surface area contributed by atoms with Crippen molar-refractivity contribution in [1.29, 1.82) is 0 Å². The zero-order chi connectivity index (χ0) is 13.6. The van der Waals surface area contributed by atoms with Crippen LogP contribution in [0.5, 0.6) is 0 Å². The van der Waals surface area contributed by atoms with E-state index in [2.05, 4.69) is 4.74 Å². The lowest BCUT2D eigenvalue weighted by Crippen LogP contribution is -2.09. The van der Waals surface area contributed by atoms with Crippen LogP contribution in [0.25, 0.3) is 0 Å². The van der Waals surface area contributed by atoms with Gasteiger partial charge in [-0.25, -0.2) is 0 Å². The molecule has 0 atom stereocenters. The fraction of sp³-hybridized carbons (Fsp3) is 0.917. The number of carbonyl (C=O) groups is 1. The molecule has 0 fully saturated rings. The van der Waals surface area contributed by atoms with Crippen molar-refractivity contribution in [3.05, 3.63) is 0 Å². The predicted octanol–water partition coefficient (Wildman–Crippen LogP) is 2.39. The Morgan fingerprint density at radius 3 is 1.44 bits per heavy atom. The van der Waals surface area contributed by atoms with Crippen molar-refractivity contribution < 1.29 is 19.4 Å². The van der Waals surface area contributed by atoms with E-state index in [1.54, 1.807) is 13.8 Å². The Kier molecular flexibility index (Phi) is 21.8. The van der Waals surface area contributed by atoms with Gasteiger partial charge in [-0.1, -0.05) is 0 Å². The van der Waals surface area contributed by atoms with Crippen molar-refractivity contribution in [3.63, 3.8) is 0 Å². The van der Waals surface area contributed by atoms with Crippen LogP contribution in [0, 0.1) is 0 Å². The van der Waals surface area contributed by atoms with Crippen LogP contribution >= 0.6 is 0 Å². The maximum atomic E-state index is 9.82. The normalized spacial score (nSPS) is 8.88. The Balaban J connectivity index is -0.000000172. The average Bonchev–Trinajstić information content (AvgIpc) is 2.02. The third-order valence-electron chi connectivity index (χ3n) is 0.892. The minimum Gasteiger partial charge on any atom is -0.466 e. The molecule has 0 aromatic rings. The molecular weight excluding hydrogens is 208 g/mol. The smallest absolute Gasteiger partial charge is 0.302 e. The van der Waals surface area contributed by atoms with Crippen LogP contribution < -0.4 is 0 Å². The van der Waals surface area contributed by atoms with Crippen molar-refractivity contribution in [2.24, 2.45) is 0 Å². The van der Waals surface area contributed by atoms with Gasteiger partial charge in [0.15, 0.2) is 0 Å². The molecule has 0 saturated heterocycles. The third kappa shape index (κ3) is 50.3. The minimum absolute atomic E-state index is 0.211. The Labute approximate surface area is 99.9 Å². The number of aliphatic hydroxyl groups excluding tert-OH is 1. The summed E-state index contributed by atoms with van der Waals surface area (Å²) >= 11 is 0. The Morgan fingerprint density at radius 2 is 1.44 bits per heavy atom. The van der Waals surface area contributed by atoms with E-state index in [1.807, 2.05) is 27.7 Å². The van der Waals surface area contributed by atoms with Crippen LogP contribution in [0.1, 0.15) is 48.5 Å². The average molecular weight is 236 g/mol. The van der Waals surface area contributed by atoms with Crippen molar-refractivity contribution in [2.45, 2.75) is 60.7 Å². The molecule has 4 nitrogen and oxygen atoms in total. The van der Waals surface area contributed by atoms with Crippen molar-refractivity contribution in [1.82, 2.24) is 0 Å². The largest absolute Gasteiger partial charge is 0.466 e. The monoisotopic (exact) mass is 236 g/mol. The van der Waals surface area contributed by atoms with E-state index < -0.39 is 0 Å². The maximum absolute atomic E-state index is 9.82. The number of carbonyl (C=O) groups excluding carboxylic acids is 1. The molecule has 0 amide bonds. The predicted molar refractivity (Wildman–Crippen MR) is 66.4 cm³/mol. The van der Waals surface area contributed by atoms with Crippen molar-refractivity contribution in [2.75, 3.05) is 13.2 Å². The van der Waals surface area contributed by atoms with Gasteiger partial charge in [0.2, 0.25) is 0 Å². The number of hydrogen-bond acceptors (Lipinski definition) is 4. The number of esters is 1. The zero-order valence-electron chi connectivity index (χ0n) is 11.7. The molecule has 0 heterocycles. The first kappa shape index (κ1) is 20.8. The summed E-state index contributed by atoms with van der Waals surface area (Å²) in [5.74, 6) is -0.211. The standard InChI is InChI=1S/C6H14O.C4H8O2.C2H6O/c1-5(2)7-6(3)4;1-3-6-4(2)5;1-2-3/h5-6H,1-4H3;3H2,1-2H3;3H,2H2,1H3. The van der Waals surface area contributed by atoms with Crippen LogP contribution in [0.4, 0.5) is 0 Å². The number of aliphatic hydroxyl groups is 1. The van der Waals surface area contributed by atoms with Crippen LogP contribution in [0.2, 0.25) is 0 Å². The van der Waals surface area contributed by atoms with Crippen molar-refractivity contribution in [3.8, 4) is 0 Å². The lowest BCUT2D eigenvalue weighted by Gasteiger charge is -2.09. The highest BCUT2D eigenvalue weighted by molar-refractivity contribution is 5.65. The highest BCUT2D eigenvalue weighted by atomic mass is 16.5. The molecule has 0 spiro atoms. The molecule has 0 aliphatic rings. The molecule has 0 aliphatic heterocycles. The summed E-state index contributed by atoms with van der Waals surface area (Å²) in [7, 11) is 0. The summed E-state index contributed by atoms with van der Waals surface area (Å²) in [6.45, 7) is 13.8. The van der Waals surface area contributed by atoms with Crippen molar-refractivity contribution >= 4 is 5.97 Å². The third-order valence-corrected chi connectivity index (χ3v) is 0.892. The molecule has 0 bridgehead atoms. The summed E-state index contributed by atoms with van der Waals surface area (Å²) in [5.41, 5.74) is 0. The lowest BCUT2D eigenvalue weighted by atomic mass is 10.4. The molecule has 0 saturated carbocycles. The van der Waals surface area contributed by atoms with Gasteiger partial charge in [0.25, 0.3) is 0 Å². The van der Waals surface area contributed by atoms with Gasteiger partial charge < -0.3 is 14.6 Å². The lowest BCUT2D eigenvalue weighted by molar-refractivity contribution is -0.140. The van der Waals surface area contributed by atoms with Gasteiger partial charge in [-0.2, -0.15) is 0 Å². The molecule has 16 heavy (non-hydrogen) atoms. The highest BCUT2D eigenvalue weighted by Crippen LogP contribution is 1.93. The van der Waals surface area contributed by atoms with E-state index in [9.17, 15) is 4.79 Å². The first-order chi connectivity index (χ1) is 7.31. The molecule has 0 aromatic heterocycles. The first-order valence-corrected chi connectivity index (χ1v) is 5.71. The first-order valence-electron chi connectivity index (χ1n) is 5.71. The molecule has 0 radical (unpaired) electrons. The van der Waals surface area contributed by atoms with Crippen LogP contribution in [-0.2, 0) is 14.3 Å². The summed E-state index contributed by atoms with van der Waals surface area (Å²) in [6, 6.07) is 0. The van der Waals surface area contributed by atoms with E-state index in [-0.39, 0.29) is 12.6 Å². The second-order valence-corrected chi connectivity index (χ2v) is 3.47. The summed E-state index contributed by atoms with van der Waals surface area (Å²) < 4.78 is 9.65. The number of rotatable bonds is 3. The summed E-state index contributed by atoms with van der Waals surface area (Å²) in [4.78, 5) is 9.82. The van der Waals surface area contributed by atoms with Gasteiger partial charge in [-0.15, -0.1) is 0 Å². The second kappa shape index (κ2) is 16.8. The molecule has 4 heteroatoms. The van der Waals surface area contributed by atoms with E-state index >= 15 is 0 Å². The Bertz CT molecular complexity index is 127. The topological polar surface area (TPSA) is 55.8 Å². The van der Waals surface area contributed by atoms with E-state index in [0.29, 0.717) is 18.8 Å². The summed E-state index contributed by atoms with van der Waals surface area (Å²) in [5, 5.41) is 7.57. The fourth-order valence-corrected chi connectivity index (χ4v) is 0.748. The zero-order valence-corrected chi connectivity index (χ0v) is 11.7. The van der Waals surface area contributed by atoms with Gasteiger partial charge in [0.05, 0.1) is 18.8 Å². The van der Waals surface area contributed by atoms with Gasteiger partial charge in [0.1, 0.15) is 0 Å². The van der Waals surface area contributed by atoms with Gasteiger partial charge in [-0.05, 0) is 41.5 Å². The molecule has 100 valence electrons. The minimum atomic E-state index is -0.211. The van der Waals surface area contributed by atoms with E-state index in [4.69, 9.17) is 9.84 Å². The maximum Gasteiger partial charge on any atom is 0.302 e. The van der Waals surface area contributed by atoms with E-state index in [1.165, 1.54) is 6.92 Å². The Morgan fingerprint density at radius 1 is 1.12 bits per heavy atom. The molecule has 0 aromatic carbocycles. The molecule has 0 aliphatic carbocycles. The number of ether oxygens (including phenoxy) is 2. The van der Waals surface area contributed by atoms with Gasteiger partial charge >= 0.3 is 5.97 Å². The van der Waals surface area contributed by atoms with Crippen LogP contribution in [0.15, 0.2) is 0 Å². The SMILES string of the molecule is CC(C)OC(C)C.CCO.CCOC(C)=O. The Hall–Kier alpha value is -0.610. The fourth-order valence-electron chi connectivity index (χ4n) is 0.748. The van der Waals surface area contributed by atoms with Gasteiger partial charge in [0, 0.05) is 13.5 Å². The summed E-state index contributed by atoms with van der Waals surface area (Å²) in [6.07, 6.45) is 0.750. The van der Waals surface area contributed by atoms with E-state index in [0.717, 1.165) is 0 Å². The molecular formula is C12H28O4. The van der Waals surface area contributed by atoms with Crippen LogP contribution in [-0.4, -0.2) is 36.5 Å². The second-order valence-electron chi connectivity index (χ2n) is 3.47. The molecule has 1 N–H and O–H groups in total. The highest BCUT2D eigenvalue weighted by Gasteiger charge is 1.94. The van der Waals surface area contributed by atoms with Crippen LogP contribution in [0.3, 0.4) is 0 Å². The quantitative estimate of drug-likeness (QED) is 0.764. The van der Waals surface area contributed by atoms with Gasteiger partial charge in [-0.3, -0.25) is 4.79 Å². The number of hydrogen-bond donors (Lipinski definition) is 1. The molecule has 0 unspecified atom stereocenters. The molecule has 0 rings (SSSR count).